The quantitative estimate of drug-likeness (QED) is 0.572. The van der Waals surface area contributed by atoms with E-state index in [9.17, 15) is 10.2 Å². The second-order valence-electron chi connectivity index (χ2n) is 6.20. The van der Waals surface area contributed by atoms with Crippen LogP contribution in [0.25, 0.3) is 0 Å². The Morgan fingerprint density at radius 1 is 0.895 bits per heavy atom. The van der Waals surface area contributed by atoms with Crippen molar-refractivity contribution in [2.45, 2.75) is 102 Å². The van der Waals surface area contributed by atoms with Crippen LogP contribution in [0, 0.1) is 0 Å². The number of hydrogen-bond acceptors (Lipinski definition) is 3. The molecule has 0 aromatic rings. The van der Waals surface area contributed by atoms with Crippen molar-refractivity contribution in [1.82, 2.24) is 5.32 Å². The normalized spacial score (nSPS) is 26.5. The number of unbranched alkanes of at least 4 members (excludes halogenated alkanes) is 2. The molecule has 1 saturated heterocycles. The van der Waals surface area contributed by atoms with Gasteiger partial charge in [-0.05, 0) is 38.5 Å². The van der Waals surface area contributed by atoms with Crippen LogP contribution >= 0.6 is 0 Å². The predicted molar refractivity (Wildman–Crippen MR) is 80.2 cm³/mol. The van der Waals surface area contributed by atoms with Crippen molar-refractivity contribution < 1.29 is 10.2 Å². The maximum Gasteiger partial charge on any atom is 0.0555 e. The van der Waals surface area contributed by atoms with Gasteiger partial charge in [-0.15, -0.1) is 0 Å². The minimum Gasteiger partial charge on any atom is -0.393 e. The van der Waals surface area contributed by atoms with Gasteiger partial charge in [0.1, 0.15) is 0 Å². The molecular weight excluding hydrogens is 238 g/mol. The Labute approximate surface area is 118 Å². The average Bonchev–Trinajstić information content (AvgIpc) is 2.81. The summed E-state index contributed by atoms with van der Waals surface area (Å²) in [5, 5.41) is 23.5. The van der Waals surface area contributed by atoms with E-state index >= 15 is 0 Å². The Balaban J connectivity index is 2.14. The summed E-state index contributed by atoms with van der Waals surface area (Å²) in [6.45, 7) is 4.32. The molecule has 1 heterocycles. The molecule has 19 heavy (non-hydrogen) atoms. The summed E-state index contributed by atoms with van der Waals surface area (Å²) in [5.41, 5.74) is 0. The molecule has 1 aliphatic rings. The zero-order chi connectivity index (χ0) is 14.1. The minimum absolute atomic E-state index is 0.152. The van der Waals surface area contributed by atoms with Crippen LogP contribution in [0.5, 0.6) is 0 Å². The highest BCUT2D eigenvalue weighted by Crippen LogP contribution is 2.22. The molecule has 0 amide bonds. The van der Waals surface area contributed by atoms with Gasteiger partial charge in [-0.25, -0.2) is 0 Å². The number of rotatable bonds is 10. The fraction of sp³-hybridized carbons (Fsp3) is 1.00. The lowest BCUT2D eigenvalue weighted by Crippen LogP contribution is -2.34. The van der Waals surface area contributed by atoms with Crippen LogP contribution in [0.3, 0.4) is 0 Å². The molecule has 114 valence electrons. The van der Waals surface area contributed by atoms with Gasteiger partial charge in [0.2, 0.25) is 0 Å². The van der Waals surface area contributed by atoms with Crippen molar-refractivity contribution in [3.05, 3.63) is 0 Å². The Morgan fingerprint density at radius 3 is 1.68 bits per heavy atom. The SMILES string of the molecule is CCCC[C@@H](O)C[C@H]1CC[C@@H](C[C@@H](O)CCCC)N1. The van der Waals surface area contributed by atoms with E-state index in [1.807, 2.05) is 0 Å². The number of aliphatic hydroxyl groups is 2. The summed E-state index contributed by atoms with van der Waals surface area (Å²) in [6.07, 6.45) is 10.1. The molecule has 0 aromatic heterocycles. The third-order valence-electron chi connectivity index (χ3n) is 4.23. The second kappa shape index (κ2) is 9.73. The fourth-order valence-electron chi connectivity index (χ4n) is 3.05. The van der Waals surface area contributed by atoms with Crippen molar-refractivity contribution in [2.24, 2.45) is 0 Å². The monoisotopic (exact) mass is 271 g/mol. The molecule has 0 saturated carbocycles. The molecule has 3 heteroatoms. The van der Waals surface area contributed by atoms with Crippen molar-refractivity contribution >= 4 is 0 Å². The first-order valence-corrected chi connectivity index (χ1v) is 8.27. The highest BCUT2D eigenvalue weighted by molar-refractivity contribution is 4.86. The molecule has 0 bridgehead atoms. The summed E-state index contributed by atoms with van der Waals surface area (Å²) in [4.78, 5) is 0. The topological polar surface area (TPSA) is 52.5 Å². The van der Waals surface area contributed by atoms with Crippen LogP contribution in [0.1, 0.15) is 78.1 Å². The standard InChI is InChI=1S/C16H33NO2/c1-3-5-7-15(18)11-13-9-10-14(17-13)12-16(19)8-6-4-2/h13-19H,3-12H2,1-2H3/t13-,14+,15-,16+. The van der Waals surface area contributed by atoms with Crippen LogP contribution in [0.15, 0.2) is 0 Å². The van der Waals surface area contributed by atoms with Gasteiger partial charge in [0.25, 0.3) is 0 Å². The molecule has 0 radical (unpaired) electrons. The molecule has 1 aliphatic heterocycles. The largest absolute Gasteiger partial charge is 0.393 e. The lowest BCUT2D eigenvalue weighted by molar-refractivity contribution is 0.131. The van der Waals surface area contributed by atoms with Gasteiger partial charge in [0.15, 0.2) is 0 Å². The van der Waals surface area contributed by atoms with Gasteiger partial charge in [0, 0.05) is 12.1 Å². The van der Waals surface area contributed by atoms with Crippen molar-refractivity contribution in [3.63, 3.8) is 0 Å². The predicted octanol–water partition coefficient (Wildman–Crippen LogP) is 2.99. The van der Waals surface area contributed by atoms with Gasteiger partial charge in [-0.1, -0.05) is 39.5 Å². The molecular formula is C16H33NO2. The Hall–Kier alpha value is -0.120. The maximum atomic E-state index is 9.94. The first kappa shape index (κ1) is 16.9. The van der Waals surface area contributed by atoms with E-state index in [0.717, 1.165) is 64.2 Å². The third kappa shape index (κ3) is 7.28. The summed E-state index contributed by atoms with van der Waals surface area (Å²) >= 11 is 0. The summed E-state index contributed by atoms with van der Waals surface area (Å²) in [6, 6.07) is 0.908. The Morgan fingerprint density at radius 2 is 1.32 bits per heavy atom. The van der Waals surface area contributed by atoms with Gasteiger partial charge >= 0.3 is 0 Å². The molecule has 3 nitrogen and oxygen atoms in total. The highest BCUT2D eigenvalue weighted by Gasteiger charge is 2.26. The molecule has 0 unspecified atom stereocenters. The molecule has 4 atom stereocenters. The first-order chi connectivity index (χ1) is 9.15. The van der Waals surface area contributed by atoms with Crippen LogP contribution in [0.2, 0.25) is 0 Å². The summed E-state index contributed by atoms with van der Waals surface area (Å²) < 4.78 is 0. The van der Waals surface area contributed by atoms with Gasteiger partial charge in [-0.3, -0.25) is 0 Å². The lowest BCUT2D eigenvalue weighted by Gasteiger charge is -2.19. The van der Waals surface area contributed by atoms with Gasteiger partial charge in [0.05, 0.1) is 12.2 Å². The van der Waals surface area contributed by atoms with Crippen molar-refractivity contribution in [1.29, 1.82) is 0 Å². The van der Waals surface area contributed by atoms with E-state index in [0.29, 0.717) is 12.1 Å². The van der Waals surface area contributed by atoms with Crippen LogP contribution < -0.4 is 5.32 Å². The molecule has 0 aliphatic carbocycles. The highest BCUT2D eigenvalue weighted by atomic mass is 16.3. The van der Waals surface area contributed by atoms with E-state index in [1.54, 1.807) is 0 Å². The Kier molecular flexibility index (Phi) is 8.67. The maximum absolute atomic E-state index is 9.94. The third-order valence-corrected chi connectivity index (χ3v) is 4.23. The molecule has 0 aromatic carbocycles. The average molecular weight is 271 g/mol. The smallest absolute Gasteiger partial charge is 0.0555 e. The lowest BCUT2D eigenvalue weighted by atomic mass is 10.0. The van der Waals surface area contributed by atoms with Gasteiger partial charge < -0.3 is 15.5 Å². The molecule has 1 fully saturated rings. The van der Waals surface area contributed by atoms with E-state index in [-0.39, 0.29) is 12.2 Å². The van der Waals surface area contributed by atoms with Crippen LogP contribution in [-0.2, 0) is 0 Å². The molecule has 3 N–H and O–H groups in total. The molecule has 0 spiro atoms. The fourth-order valence-corrected chi connectivity index (χ4v) is 3.05. The number of nitrogens with one attached hydrogen (secondary N) is 1. The van der Waals surface area contributed by atoms with E-state index in [1.165, 1.54) is 0 Å². The van der Waals surface area contributed by atoms with Crippen molar-refractivity contribution in [2.75, 3.05) is 0 Å². The van der Waals surface area contributed by atoms with Gasteiger partial charge in [-0.2, -0.15) is 0 Å². The zero-order valence-corrected chi connectivity index (χ0v) is 12.8. The van der Waals surface area contributed by atoms with E-state index in [4.69, 9.17) is 0 Å². The first-order valence-electron chi connectivity index (χ1n) is 8.27. The number of hydrogen-bond donors (Lipinski definition) is 3. The van der Waals surface area contributed by atoms with E-state index in [2.05, 4.69) is 19.2 Å². The van der Waals surface area contributed by atoms with Crippen molar-refractivity contribution in [3.8, 4) is 0 Å². The van der Waals surface area contributed by atoms with Crippen LogP contribution in [-0.4, -0.2) is 34.5 Å². The second-order valence-corrected chi connectivity index (χ2v) is 6.20. The summed E-state index contributed by atoms with van der Waals surface area (Å²) in [5.74, 6) is 0. The zero-order valence-electron chi connectivity index (χ0n) is 12.8. The summed E-state index contributed by atoms with van der Waals surface area (Å²) in [7, 11) is 0. The minimum atomic E-state index is -0.152. The molecule has 1 rings (SSSR count). The Bertz CT molecular complexity index is 201. The number of aliphatic hydroxyl groups excluding tert-OH is 2. The van der Waals surface area contributed by atoms with E-state index < -0.39 is 0 Å². The van der Waals surface area contributed by atoms with Crippen LogP contribution in [0.4, 0.5) is 0 Å².